The number of carbonyl (C=O) groups excluding carboxylic acids is 1. The third-order valence-electron chi connectivity index (χ3n) is 4.08. The third kappa shape index (κ3) is 3.89. The summed E-state index contributed by atoms with van der Waals surface area (Å²) in [5, 5.41) is 5.23. The van der Waals surface area contributed by atoms with Crippen LogP contribution in [0.2, 0.25) is 0 Å². The highest BCUT2D eigenvalue weighted by molar-refractivity contribution is 7.18. The molecule has 0 unspecified atom stereocenters. The molecule has 1 N–H and O–H groups in total. The summed E-state index contributed by atoms with van der Waals surface area (Å²) in [6, 6.07) is 3.39. The molecule has 0 amide bonds. The molecule has 146 valence electrons. The van der Waals surface area contributed by atoms with Crippen molar-refractivity contribution in [1.82, 2.24) is 9.97 Å². The van der Waals surface area contributed by atoms with E-state index in [1.807, 2.05) is 6.92 Å². The van der Waals surface area contributed by atoms with Crippen LogP contribution in [-0.4, -0.2) is 36.4 Å². The summed E-state index contributed by atoms with van der Waals surface area (Å²) < 4.78 is 15.8. The van der Waals surface area contributed by atoms with Crippen LogP contribution in [0.5, 0.6) is 17.2 Å². The molecule has 28 heavy (non-hydrogen) atoms. The second kappa shape index (κ2) is 8.22. The number of carbonyl (C=O) groups is 1. The van der Waals surface area contributed by atoms with E-state index in [1.54, 1.807) is 29.7 Å². The van der Waals surface area contributed by atoms with Crippen molar-refractivity contribution in [2.75, 3.05) is 19.6 Å². The van der Waals surface area contributed by atoms with Crippen LogP contribution in [0.3, 0.4) is 0 Å². The van der Waals surface area contributed by atoms with Gasteiger partial charge >= 0.3 is 5.97 Å². The minimum atomic E-state index is -0.464. The van der Waals surface area contributed by atoms with Crippen LogP contribution in [0.1, 0.15) is 22.9 Å². The van der Waals surface area contributed by atoms with Gasteiger partial charge in [-0.2, -0.15) is 5.10 Å². The molecular formula is C19H20N4O4S. The van der Waals surface area contributed by atoms with E-state index in [1.165, 1.54) is 32.3 Å². The van der Waals surface area contributed by atoms with Gasteiger partial charge in [-0.25, -0.2) is 9.97 Å². The van der Waals surface area contributed by atoms with Crippen LogP contribution >= 0.6 is 11.3 Å². The van der Waals surface area contributed by atoms with Gasteiger partial charge in [0.2, 0.25) is 5.75 Å². The number of nitrogens with one attached hydrogen (secondary N) is 1. The highest BCUT2D eigenvalue weighted by Gasteiger charge is 2.16. The van der Waals surface area contributed by atoms with E-state index in [0.29, 0.717) is 22.9 Å². The first-order valence-electron chi connectivity index (χ1n) is 8.38. The van der Waals surface area contributed by atoms with Crippen LogP contribution < -0.4 is 19.6 Å². The Morgan fingerprint density at radius 3 is 2.46 bits per heavy atom. The van der Waals surface area contributed by atoms with Gasteiger partial charge in [-0.1, -0.05) is 0 Å². The number of fused-ring (bicyclic) bond motifs is 1. The summed E-state index contributed by atoms with van der Waals surface area (Å²) in [7, 11) is 2.97. The summed E-state index contributed by atoms with van der Waals surface area (Å²) >= 11 is 1.62. The number of methoxy groups -OCH3 is 2. The predicted molar refractivity (Wildman–Crippen MR) is 109 cm³/mol. The Morgan fingerprint density at radius 2 is 1.86 bits per heavy atom. The minimum Gasteiger partial charge on any atom is -0.493 e. The van der Waals surface area contributed by atoms with Gasteiger partial charge in [0, 0.05) is 17.4 Å². The Balaban J connectivity index is 1.90. The van der Waals surface area contributed by atoms with Crippen molar-refractivity contribution >= 4 is 39.6 Å². The van der Waals surface area contributed by atoms with Crippen molar-refractivity contribution in [3.8, 4) is 17.2 Å². The number of anilines is 1. The monoisotopic (exact) mass is 400 g/mol. The van der Waals surface area contributed by atoms with Crippen LogP contribution in [0.25, 0.3) is 10.2 Å². The standard InChI is InChI=1S/C19H20N4O4S/c1-10-11(2)28-19-16(10)18(20-9-21-19)23-22-8-13-6-14(25-4)17(27-12(3)24)15(7-13)26-5/h6-9H,1-5H3,(H,20,21,23)/b22-8+. The van der Waals surface area contributed by atoms with Crippen LogP contribution in [0.4, 0.5) is 5.82 Å². The molecule has 0 radical (unpaired) electrons. The number of aryl methyl sites for hydroxylation is 2. The zero-order valence-electron chi connectivity index (χ0n) is 16.2. The van der Waals surface area contributed by atoms with Gasteiger partial charge in [0.05, 0.1) is 25.8 Å². The van der Waals surface area contributed by atoms with Gasteiger partial charge in [-0.3, -0.25) is 10.2 Å². The van der Waals surface area contributed by atoms with E-state index in [-0.39, 0.29) is 5.75 Å². The maximum absolute atomic E-state index is 11.3. The molecule has 0 saturated carbocycles. The molecule has 0 bridgehead atoms. The first-order chi connectivity index (χ1) is 13.4. The highest BCUT2D eigenvalue weighted by atomic mass is 32.1. The van der Waals surface area contributed by atoms with E-state index < -0.39 is 5.97 Å². The van der Waals surface area contributed by atoms with Crippen LogP contribution in [-0.2, 0) is 4.79 Å². The molecule has 1 aromatic carbocycles. The van der Waals surface area contributed by atoms with E-state index >= 15 is 0 Å². The van der Waals surface area contributed by atoms with Gasteiger partial charge in [0.15, 0.2) is 17.3 Å². The van der Waals surface area contributed by atoms with Gasteiger partial charge in [-0.15, -0.1) is 11.3 Å². The molecule has 0 atom stereocenters. The van der Waals surface area contributed by atoms with Crippen molar-refractivity contribution in [3.63, 3.8) is 0 Å². The summed E-state index contributed by atoms with van der Waals surface area (Å²) in [6.45, 7) is 5.41. The van der Waals surface area contributed by atoms with Crippen molar-refractivity contribution in [1.29, 1.82) is 0 Å². The summed E-state index contributed by atoms with van der Waals surface area (Å²) in [5.41, 5.74) is 4.80. The topological polar surface area (TPSA) is 94.9 Å². The number of hydrazone groups is 1. The second-order valence-corrected chi connectivity index (χ2v) is 7.11. The fourth-order valence-corrected chi connectivity index (χ4v) is 3.65. The number of hydrogen-bond acceptors (Lipinski definition) is 9. The van der Waals surface area contributed by atoms with Gasteiger partial charge in [0.25, 0.3) is 0 Å². The lowest BCUT2D eigenvalue weighted by molar-refractivity contribution is -0.132. The van der Waals surface area contributed by atoms with E-state index in [0.717, 1.165) is 15.8 Å². The number of rotatable bonds is 6. The van der Waals surface area contributed by atoms with Gasteiger partial charge < -0.3 is 14.2 Å². The fraction of sp³-hybridized carbons (Fsp3) is 0.263. The molecule has 0 saturated heterocycles. The lowest BCUT2D eigenvalue weighted by atomic mass is 10.2. The average Bonchev–Trinajstić information content (AvgIpc) is 2.96. The van der Waals surface area contributed by atoms with E-state index in [2.05, 4.69) is 27.4 Å². The minimum absolute atomic E-state index is 0.226. The number of hydrogen-bond donors (Lipinski definition) is 1. The molecule has 3 rings (SSSR count). The maximum atomic E-state index is 11.3. The largest absolute Gasteiger partial charge is 0.493 e. The molecule has 2 heterocycles. The fourth-order valence-electron chi connectivity index (χ4n) is 2.65. The maximum Gasteiger partial charge on any atom is 0.308 e. The number of nitrogens with zero attached hydrogens (tertiary/aromatic N) is 3. The normalized spacial score (nSPS) is 11.0. The Morgan fingerprint density at radius 1 is 1.18 bits per heavy atom. The second-order valence-electron chi connectivity index (χ2n) is 5.90. The Kier molecular flexibility index (Phi) is 5.74. The Hall–Kier alpha value is -3.20. The molecule has 8 nitrogen and oxygen atoms in total. The predicted octanol–water partition coefficient (Wildman–Crippen LogP) is 3.70. The van der Waals surface area contributed by atoms with Crippen LogP contribution in [0, 0.1) is 13.8 Å². The lowest BCUT2D eigenvalue weighted by Crippen LogP contribution is -2.05. The number of benzene rings is 1. The van der Waals surface area contributed by atoms with Gasteiger partial charge in [-0.05, 0) is 31.5 Å². The highest BCUT2D eigenvalue weighted by Crippen LogP contribution is 2.38. The molecule has 9 heteroatoms. The summed E-state index contributed by atoms with van der Waals surface area (Å²) in [4.78, 5) is 22.0. The molecule has 0 aliphatic rings. The Bertz CT molecular complexity index is 1040. The molecule has 0 aliphatic heterocycles. The van der Waals surface area contributed by atoms with Gasteiger partial charge in [0.1, 0.15) is 11.2 Å². The van der Waals surface area contributed by atoms with Crippen LogP contribution in [0.15, 0.2) is 23.6 Å². The van der Waals surface area contributed by atoms with Crippen molar-refractivity contribution < 1.29 is 19.0 Å². The third-order valence-corrected chi connectivity index (χ3v) is 5.19. The number of ether oxygens (including phenoxy) is 3. The summed E-state index contributed by atoms with van der Waals surface area (Å²) in [6.07, 6.45) is 3.11. The average molecular weight is 400 g/mol. The zero-order chi connectivity index (χ0) is 20.3. The molecule has 3 aromatic rings. The molecule has 2 aromatic heterocycles. The number of esters is 1. The number of aromatic nitrogens is 2. The quantitative estimate of drug-likeness (QED) is 0.292. The smallest absolute Gasteiger partial charge is 0.308 e. The SMILES string of the molecule is COc1cc(/C=N/Nc2ncnc3sc(C)c(C)c23)cc(OC)c1OC(C)=O. The molecular weight excluding hydrogens is 380 g/mol. The summed E-state index contributed by atoms with van der Waals surface area (Å²) in [5.74, 6) is 1.13. The molecule has 0 aliphatic carbocycles. The molecule has 0 spiro atoms. The molecule has 0 fully saturated rings. The van der Waals surface area contributed by atoms with Crippen molar-refractivity contribution in [2.24, 2.45) is 5.10 Å². The van der Waals surface area contributed by atoms with Crippen molar-refractivity contribution in [2.45, 2.75) is 20.8 Å². The number of thiophene rings is 1. The lowest BCUT2D eigenvalue weighted by Gasteiger charge is -2.13. The zero-order valence-corrected chi connectivity index (χ0v) is 17.0. The first kappa shape index (κ1) is 19.6. The Labute approximate surface area is 166 Å². The van der Waals surface area contributed by atoms with E-state index in [4.69, 9.17) is 14.2 Å². The first-order valence-corrected chi connectivity index (χ1v) is 9.20. The van der Waals surface area contributed by atoms with E-state index in [9.17, 15) is 4.79 Å². The van der Waals surface area contributed by atoms with Crippen molar-refractivity contribution in [3.05, 3.63) is 34.5 Å².